The van der Waals surface area contributed by atoms with Crippen LogP contribution in [0.15, 0.2) is 29.8 Å². The zero-order chi connectivity index (χ0) is 20.1. The number of aryl methyl sites for hydroxylation is 1. The van der Waals surface area contributed by atoms with Gasteiger partial charge in [0, 0.05) is 11.0 Å². The topological polar surface area (TPSA) is 95.7 Å². The van der Waals surface area contributed by atoms with Crippen LogP contribution >= 0.6 is 0 Å². The minimum Gasteiger partial charge on any atom is -0.463 e. The fraction of sp³-hybridized carbons (Fsp3) is 0.571. The molecule has 0 saturated heterocycles. The molecule has 0 heterocycles. The summed E-state index contributed by atoms with van der Waals surface area (Å²) in [5.41, 5.74) is 3.18. The van der Waals surface area contributed by atoms with Gasteiger partial charge in [-0.1, -0.05) is 19.1 Å². The van der Waals surface area contributed by atoms with Crippen molar-refractivity contribution in [2.75, 3.05) is 6.61 Å². The molecule has 4 atom stereocenters. The van der Waals surface area contributed by atoms with Crippen LogP contribution in [0, 0.1) is 17.3 Å². The molecular weight excluding hydrogens is 378 g/mol. The smallest absolute Gasteiger partial charge is 0.380 e. The van der Waals surface area contributed by atoms with Crippen LogP contribution in [0.1, 0.15) is 56.6 Å². The number of rotatable bonds is 4. The number of ether oxygens (including phenoxy) is 1. The van der Waals surface area contributed by atoms with E-state index in [-0.39, 0.29) is 17.1 Å². The summed E-state index contributed by atoms with van der Waals surface area (Å²) >= 11 is 0. The number of carbonyl (C=O) groups excluding carboxylic acids is 1. The number of nitrogens with two attached hydrogens (primary N) is 1. The van der Waals surface area contributed by atoms with Crippen molar-refractivity contribution in [2.24, 2.45) is 22.4 Å². The van der Waals surface area contributed by atoms with Gasteiger partial charge in [0.25, 0.3) is 0 Å². The minimum atomic E-state index is -4.02. The van der Waals surface area contributed by atoms with Crippen LogP contribution in [0.5, 0.6) is 5.75 Å². The Morgan fingerprint density at radius 1 is 1.32 bits per heavy atom. The van der Waals surface area contributed by atoms with Crippen molar-refractivity contribution in [3.05, 3.63) is 41.0 Å². The molecule has 0 bridgehead atoms. The molecule has 0 amide bonds. The minimum absolute atomic E-state index is 0.110. The standard InChI is InChI=1S/C21H27NO5S/c1-3-26-20(23)19-9-8-18-17-6-4-13-12-14(27-28(22,24)25)5-7-15(13)16(17)10-11-21(18,19)2/h5,7,9,12,16-18H,3-4,6,8,10-11H2,1-2H3,(H2,22,24,25)/t16?,17?,18?,21-/m0/s1. The van der Waals surface area contributed by atoms with E-state index in [0.29, 0.717) is 24.4 Å². The largest absolute Gasteiger partial charge is 0.463 e. The molecule has 3 aliphatic carbocycles. The molecule has 1 fully saturated rings. The lowest BCUT2D eigenvalue weighted by Crippen LogP contribution is -2.42. The van der Waals surface area contributed by atoms with Crippen molar-refractivity contribution in [3.63, 3.8) is 0 Å². The Balaban J connectivity index is 1.59. The summed E-state index contributed by atoms with van der Waals surface area (Å²) in [6.45, 7) is 4.47. The van der Waals surface area contributed by atoms with Crippen molar-refractivity contribution < 1.29 is 22.1 Å². The average molecular weight is 406 g/mol. The molecular formula is C21H27NO5S. The van der Waals surface area contributed by atoms with Gasteiger partial charge in [0.15, 0.2) is 0 Å². The maximum absolute atomic E-state index is 12.5. The van der Waals surface area contributed by atoms with Gasteiger partial charge in [-0.25, -0.2) is 4.79 Å². The number of hydrogen-bond donors (Lipinski definition) is 1. The molecule has 7 heteroatoms. The molecule has 0 spiro atoms. The number of fused-ring (bicyclic) bond motifs is 5. The van der Waals surface area contributed by atoms with Crippen LogP contribution in [-0.4, -0.2) is 21.0 Å². The van der Waals surface area contributed by atoms with E-state index in [4.69, 9.17) is 14.1 Å². The van der Waals surface area contributed by atoms with Crippen LogP contribution in [0.2, 0.25) is 0 Å². The van der Waals surface area contributed by atoms with Crippen LogP contribution in [-0.2, 0) is 26.3 Å². The van der Waals surface area contributed by atoms with Gasteiger partial charge in [-0.15, -0.1) is 0 Å². The SMILES string of the molecule is CCOC(=O)C1=CCC2C3CCc4cc(OS(N)(=O)=O)ccc4C3CC[C@]12C. The molecule has 3 unspecified atom stereocenters. The molecule has 2 N–H and O–H groups in total. The van der Waals surface area contributed by atoms with Crippen molar-refractivity contribution in [3.8, 4) is 5.75 Å². The zero-order valence-electron chi connectivity index (χ0n) is 16.3. The molecule has 6 nitrogen and oxygen atoms in total. The van der Waals surface area contributed by atoms with E-state index in [0.717, 1.165) is 43.2 Å². The average Bonchev–Trinajstić information content (AvgIpc) is 2.97. The fourth-order valence-electron chi connectivity index (χ4n) is 5.84. The second kappa shape index (κ2) is 6.88. The molecule has 4 rings (SSSR count). The zero-order valence-corrected chi connectivity index (χ0v) is 17.1. The number of carbonyl (C=O) groups is 1. The highest BCUT2D eigenvalue weighted by Crippen LogP contribution is 2.61. The van der Waals surface area contributed by atoms with Crippen LogP contribution in [0.4, 0.5) is 0 Å². The number of hydrogen-bond acceptors (Lipinski definition) is 5. The van der Waals surface area contributed by atoms with Crippen LogP contribution < -0.4 is 9.32 Å². The Hall–Kier alpha value is -1.86. The number of esters is 1. The quantitative estimate of drug-likeness (QED) is 0.776. The monoisotopic (exact) mass is 405 g/mol. The number of allylic oxidation sites excluding steroid dienone is 1. The Morgan fingerprint density at radius 3 is 2.82 bits per heavy atom. The Bertz CT molecular complexity index is 938. The van der Waals surface area contributed by atoms with E-state index in [1.807, 2.05) is 13.0 Å². The van der Waals surface area contributed by atoms with Gasteiger partial charge in [0.05, 0.1) is 6.61 Å². The number of benzene rings is 1. The molecule has 0 aliphatic heterocycles. The third kappa shape index (κ3) is 3.24. The predicted octanol–water partition coefficient (Wildman–Crippen LogP) is 3.22. The summed E-state index contributed by atoms with van der Waals surface area (Å²) in [4.78, 5) is 12.5. The van der Waals surface area contributed by atoms with E-state index in [2.05, 4.69) is 13.0 Å². The van der Waals surface area contributed by atoms with Gasteiger partial charge in [-0.3, -0.25) is 0 Å². The Morgan fingerprint density at radius 2 is 2.11 bits per heavy atom. The van der Waals surface area contributed by atoms with Crippen molar-refractivity contribution in [2.45, 2.75) is 51.9 Å². The third-order valence-electron chi connectivity index (χ3n) is 6.99. The highest BCUT2D eigenvalue weighted by Gasteiger charge is 2.53. The summed E-state index contributed by atoms with van der Waals surface area (Å²) < 4.78 is 32.6. The molecule has 3 aliphatic rings. The lowest BCUT2D eigenvalue weighted by molar-refractivity contribution is -0.140. The lowest BCUT2D eigenvalue weighted by Gasteiger charge is -2.50. The molecule has 152 valence electrons. The second-order valence-corrected chi connectivity index (χ2v) is 9.53. The maximum Gasteiger partial charge on any atom is 0.380 e. The molecule has 1 aromatic rings. The molecule has 0 radical (unpaired) electrons. The summed E-state index contributed by atoms with van der Waals surface area (Å²) in [5.74, 6) is 1.50. The fourth-order valence-corrected chi connectivity index (χ4v) is 6.21. The summed E-state index contributed by atoms with van der Waals surface area (Å²) in [5, 5.41) is 4.99. The first-order valence-corrected chi connectivity index (χ1v) is 11.4. The van der Waals surface area contributed by atoms with Gasteiger partial charge < -0.3 is 8.92 Å². The lowest BCUT2D eigenvalue weighted by atomic mass is 9.54. The van der Waals surface area contributed by atoms with Gasteiger partial charge in [-0.2, -0.15) is 13.6 Å². The van der Waals surface area contributed by atoms with Gasteiger partial charge in [-0.05, 0) is 80.0 Å². The van der Waals surface area contributed by atoms with E-state index in [1.165, 1.54) is 5.56 Å². The highest BCUT2D eigenvalue weighted by atomic mass is 32.2. The van der Waals surface area contributed by atoms with Crippen molar-refractivity contribution in [1.29, 1.82) is 0 Å². The van der Waals surface area contributed by atoms with Crippen molar-refractivity contribution >= 4 is 16.3 Å². The van der Waals surface area contributed by atoms with E-state index < -0.39 is 10.3 Å². The Kier molecular flexibility index (Phi) is 4.78. The third-order valence-corrected chi connectivity index (χ3v) is 7.41. The normalized spacial score (nSPS) is 31.2. The predicted molar refractivity (Wildman–Crippen MR) is 105 cm³/mol. The van der Waals surface area contributed by atoms with Gasteiger partial charge in [0.2, 0.25) is 0 Å². The first-order chi connectivity index (χ1) is 13.2. The first kappa shape index (κ1) is 19.5. The van der Waals surface area contributed by atoms with E-state index in [9.17, 15) is 13.2 Å². The summed E-state index contributed by atoms with van der Waals surface area (Å²) in [7, 11) is -4.02. The summed E-state index contributed by atoms with van der Waals surface area (Å²) in [6.07, 6.45) is 6.90. The van der Waals surface area contributed by atoms with Crippen LogP contribution in [0.25, 0.3) is 0 Å². The highest BCUT2D eigenvalue weighted by molar-refractivity contribution is 7.84. The molecule has 0 aromatic heterocycles. The van der Waals surface area contributed by atoms with Crippen LogP contribution in [0.3, 0.4) is 0 Å². The van der Waals surface area contributed by atoms with Crippen molar-refractivity contribution in [1.82, 2.24) is 0 Å². The van der Waals surface area contributed by atoms with Gasteiger partial charge in [0.1, 0.15) is 5.75 Å². The molecule has 1 aromatic carbocycles. The van der Waals surface area contributed by atoms with Gasteiger partial charge >= 0.3 is 16.3 Å². The Labute approximate surface area is 166 Å². The maximum atomic E-state index is 12.5. The van der Waals surface area contributed by atoms with E-state index >= 15 is 0 Å². The molecule has 1 saturated carbocycles. The first-order valence-electron chi connectivity index (χ1n) is 9.95. The van der Waals surface area contributed by atoms with E-state index in [1.54, 1.807) is 12.1 Å². The summed E-state index contributed by atoms with van der Waals surface area (Å²) in [6, 6.07) is 5.49. The second-order valence-electron chi connectivity index (χ2n) is 8.38. The molecule has 28 heavy (non-hydrogen) atoms.